The molecule has 0 saturated heterocycles. The topological polar surface area (TPSA) is 42.0 Å². The van der Waals surface area contributed by atoms with Crippen LogP contribution in [0.3, 0.4) is 0 Å². The number of nitrogens with zero attached hydrogens (tertiary/aromatic N) is 1. The molecule has 0 spiro atoms. The molecule has 1 N–H and O–H groups in total. The van der Waals surface area contributed by atoms with Crippen LogP contribution in [0.15, 0.2) is 65.7 Å². The first-order valence-corrected chi connectivity index (χ1v) is 10.1. The van der Waals surface area contributed by atoms with E-state index in [4.69, 9.17) is 0 Å². The zero-order valence-electron chi connectivity index (χ0n) is 15.7. The Morgan fingerprint density at radius 3 is 2.45 bits per heavy atom. The fourth-order valence-electron chi connectivity index (χ4n) is 3.35. The summed E-state index contributed by atoms with van der Waals surface area (Å²) in [6, 6.07) is 10.6. The van der Waals surface area contributed by atoms with Gasteiger partial charge in [-0.1, -0.05) is 23.8 Å². The molecular weight excluding hydrogens is 390 g/mol. The van der Waals surface area contributed by atoms with Gasteiger partial charge in [0.1, 0.15) is 22.2 Å². The van der Waals surface area contributed by atoms with Crippen molar-refractivity contribution >= 4 is 34.1 Å². The summed E-state index contributed by atoms with van der Waals surface area (Å²) in [4.78, 5) is 16.7. The number of nitrogens with one attached hydrogen (secondary N) is 1. The van der Waals surface area contributed by atoms with Crippen molar-refractivity contribution in [3.63, 3.8) is 0 Å². The Balaban J connectivity index is 1.56. The maximum absolute atomic E-state index is 13.8. The van der Waals surface area contributed by atoms with Crippen LogP contribution in [0.2, 0.25) is 0 Å². The zero-order chi connectivity index (χ0) is 20.4. The number of hydrogen-bond donors (Lipinski definition) is 1. The van der Waals surface area contributed by atoms with Gasteiger partial charge >= 0.3 is 0 Å². The maximum atomic E-state index is 13.8. The van der Waals surface area contributed by atoms with E-state index < -0.39 is 23.1 Å². The predicted octanol–water partition coefficient (Wildman–Crippen LogP) is 6.32. The summed E-state index contributed by atoms with van der Waals surface area (Å²) < 4.78 is 27.6. The number of allylic oxidation sites excluding steroid dienone is 4. The number of aromatic nitrogens is 1. The van der Waals surface area contributed by atoms with Crippen molar-refractivity contribution in [3.8, 4) is 0 Å². The first kappa shape index (κ1) is 19.2. The van der Waals surface area contributed by atoms with Crippen LogP contribution in [-0.2, 0) is 0 Å². The Kier molecular flexibility index (Phi) is 5.36. The molecule has 1 aliphatic carbocycles. The molecule has 0 radical (unpaired) electrons. The molecule has 0 saturated carbocycles. The molecule has 2 aromatic carbocycles. The van der Waals surface area contributed by atoms with Gasteiger partial charge in [0.05, 0.1) is 0 Å². The average molecular weight is 408 g/mol. The van der Waals surface area contributed by atoms with Crippen LogP contribution in [0.5, 0.6) is 0 Å². The predicted molar refractivity (Wildman–Crippen MR) is 113 cm³/mol. The summed E-state index contributed by atoms with van der Waals surface area (Å²) in [6.07, 6.45) is 5.90. The van der Waals surface area contributed by atoms with Crippen LogP contribution in [0.25, 0.3) is 11.1 Å². The van der Waals surface area contributed by atoms with E-state index in [0.29, 0.717) is 5.69 Å². The third kappa shape index (κ3) is 4.03. The Morgan fingerprint density at radius 1 is 1.07 bits per heavy atom. The normalized spacial score (nSPS) is 14.0. The number of carbonyl (C=O) groups excluding carboxylic acids is 1. The van der Waals surface area contributed by atoms with Crippen molar-refractivity contribution in [1.29, 1.82) is 0 Å². The average Bonchev–Trinajstić information content (AvgIpc) is 3.24. The maximum Gasteiger partial charge on any atom is 0.261 e. The van der Waals surface area contributed by atoms with E-state index in [1.54, 1.807) is 23.5 Å². The Labute approximate surface area is 171 Å². The lowest BCUT2D eigenvalue weighted by molar-refractivity contribution is 0.101. The molecule has 1 heterocycles. The van der Waals surface area contributed by atoms with Crippen molar-refractivity contribution < 1.29 is 13.6 Å². The molecule has 3 aromatic rings. The SMILES string of the molecule is CC1=C(c2ccc(NC(=O)c3c(F)cccc3F)cc2)C=C(c2nccs2)CC1. The number of hydrogen-bond acceptors (Lipinski definition) is 3. The molecule has 1 aromatic heterocycles. The smallest absolute Gasteiger partial charge is 0.261 e. The number of halogens is 2. The van der Waals surface area contributed by atoms with Crippen LogP contribution >= 0.6 is 11.3 Å². The largest absolute Gasteiger partial charge is 0.322 e. The van der Waals surface area contributed by atoms with Crippen molar-refractivity contribution in [2.45, 2.75) is 19.8 Å². The van der Waals surface area contributed by atoms with Gasteiger partial charge < -0.3 is 5.32 Å². The van der Waals surface area contributed by atoms with Crippen LogP contribution < -0.4 is 5.32 Å². The molecule has 1 amide bonds. The highest BCUT2D eigenvalue weighted by molar-refractivity contribution is 7.10. The summed E-state index contributed by atoms with van der Waals surface area (Å²) in [7, 11) is 0. The van der Waals surface area contributed by atoms with Gasteiger partial charge in [-0.15, -0.1) is 11.3 Å². The molecule has 0 atom stereocenters. The van der Waals surface area contributed by atoms with Crippen LogP contribution in [0.4, 0.5) is 14.5 Å². The van der Waals surface area contributed by atoms with Gasteiger partial charge in [-0.05, 0) is 66.8 Å². The monoisotopic (exact) mass is 408 g/mol. The summed E-state index contributed by atoms with van der Waals surface area (Å²) in [6.45, 7) is 2.11. The van der Waals surface area contributed by atoms with Crippen molar-refractivity contribution in [3.05, 3.63) is 93.5 Å². The lowest BCUT2D eigenvalue weighted by Gasteiger charge is -2.17. The lowest BCUT2D eigenvalue weighted by atomic mass is 9.89. The highest BCUT2D eigenvalue weighted by atomic mass is 32.1. The van der Waals surface area contributed by atoms with Crippen LogP contribution in [-0.4, -0.2) is 10.9 Å². The molecule has 1 aliphatic rings. The van der Waals surface area contributed by atoms with E-state index in [9.17, 15) is 13.6 Å². The fraction of sp³-hybridized carbons (Fsp3) is 0.130. The standard InChI is InChI=1S/C23H18F2N2OS/c1-14-5-6-16(23-26-11-12-29-23)13-18(14)15-7-9-17(10-8-15)27-22(28)21-19(24)3-2-4-20(21)25/h2-4,7-13H,5-6H2,1H3,(H,27,28). The number of benzene rings is 2. The van der Waals surface area contributed by atoms with Crippen molar-refractivity contribution in [2.24, 2.45) is 0 Å². The second-order valence-corrected chi connectivity index (χ2v) is 7.72. The Morgan fingerprint density at radius 2 is 1.79 bits per heavy atom. The van der Waals surface area contributed by atoms with E-state index in [0.717, 1.165) is 41.1 Å². The Bertz CT molecular complexity index is 1100. The highest BCUT2D eigenvalue weighted by Gasteiger charge is 2.18. The van der Waals surface area contributed by atoms with E-state index in [2.05, 4.69) is 23.3 Å². The first-order chi connectivity index (χ1) is 14.0. The fourth-order valence-corrected chi connectivity index (χ4v) is 4.03. The van der Waals surface area contributed by atoms with E-state index in [1.165, 1.54) is 17.2 Å². The molecule has 0 aliphatic heterocycles. The van der Waals surface area contributed by atoms with Gasteiger partial charge in [0.25, 0.3) is 5.91 Å². The minimum atomic E-state index is -0.887. The minimum Gasteiger partial charge on any atom is -0.322 e. The minimum absolute atomic E-state index is 0.472. The van der Waals surface area contributed by atoms with Gasteiger partial charge in [0.2, 0.25) is 0 Å². The molecule has 4 rings (SSSR count). The number of amides is 1. The van der Waals surface area contributed by atoms with Gasteiger partial charge in [-0.3, -0.25) is 4.79 Å². The summed E-state index contributed by atoms with van der Waals surface area (Å²) in [5.74, 6) is -2.59. The molecule has 0 fully saturated rings. The molecule has 6 heteroatoms. The quantitative estimate of drug-likeness (QED) is 0.548. The number of carbonyl (C=O) groups is 1. The lowest BCUT2D eigenvalue weighted by Crippen LogP contribution is -2.15. The molecule has 146 valence electrons. The number of thiazole rings is 1. The van der Waals surface area contributed by atoms with Gasteiger partial charge in [0.15, 0.2) is 0 Å². The van der Waals surface area contributed by atoms with Gasteiger partial charge in [0, 0.05) is 17.3 Å². The molecule has 3 nitrogen and oxygen atoms in total. The highest BCUT2D eigenvalue weighted by Crippen LogP contribution is 2.36. The zero-order valence-corrected chi connectivity index (χ0v) is 16.5. The molecule has 0 bridgehead atoms. The second kappa shape index (κ2) is 8.09. The van der Waals surface area contributed by atoms with E-state index >= 15 is 0 Å². The van der Waals surface area contributed by atoms with Gasteiger partial charge in [-0.25, -0.2) is 13.8 Å². The summed E-state index contributed by atoms with van der Waals surface area (Å²) in [5.41, 5.74) is 4.55. The van der Waals surface area contributed by atoms with Gasteiger partial charge in [-0.2, -0.15) is 0 Å². The van der Waals surface area contributed by atoms with Crippen LogP contribution in [0.1, 0.15) is 40.7 Å². The summed E-state index contributed by atoms with van der Waals surface area (Å²) in [5, 5.41) is 5.56. The van der Waals surface area contributed by atoms with Crippen molar-refractivity contribution in [1.82, 2.24) is 4.98 Å². The van der Waals surface area contributed by atoms with Crippen molar-refractivity contribution in [2.75, 3.05) is 5.32 Å². The third-order valence-corrected chi connectivity index (χ3v) is 5.75. The molecule has 29 heavy (non-hydrogen) atoms. The van der Waals surface area contributed by atoms with E-state index in [1.807, 2.05) is 23.7 Å². The molecule has 0 unspecified atom stereocenters. The second-order valence-electron chi connectivity index (χ2n) is 6.83. The molecular formula is C23H18F2N2OS. The number of anilines is 1. The van der Waals surface area contributed by atoms with Crippen LogP contribution in [0, 0.1) is 11.6 Å². The summed E-state index contributed by atoms with van der Waals surface area (Å²) >= 11 is 1.63. The Hall–Kier alpha value is -3.12. The van der Waals surface area contributed by atoms with E-state index in [-0.39, 0.29) is 0 Å². The number of rotatable bonds is 4. The third-order valence-electron chi connectivity index (χ3n) is 4.90. The first-order valence-electron chi connectivity index (χ1n) is 9.19.